The van der Waals surface area contributed by atoms with Crippen LogP contribution in [0.4, 0.5) is 4.39 Å². The van der Waals surface area contributed by atoms with Crippen LogP contribution in [0.15, 0.2) is 43.2 Å². The van der Waals surface area contributed by atoms with E-state index in [1.165, 1.54) is 12.1 Å². The van der Waals surface area contributed by atoms with Crippen molar-refractivity contribution < 1.29 is 4.39 Å². The molecule has 1 heterocycles. The van der Waals surface area contributed by atoms with Crippen LogP contribution in [-0.2, 0) is 0 Å². The van der Waals surface area contributed by atoms with Crippen LogP contribution in [0.25, 0.3) is 0 Å². The molecule has 1 aromatic heterocycles. The summed E-state index contributed by atoms with van der Waals surface area (Å²) in [6.07, 6.45) is 6.04. The zero-order valence-electron chi connectivity index (χ0n) is 10.7. The summed E-state index contributed by atoms with van der Waals surface area (Å²) in [7, 11) is 0. The van der Waals surface area contributed by atoms with Gasteiger partial charge in [0.25, 0.3) is 0 Å². The largest absolute Gasteiger partial charge is 0.327 e. The third-order valence-corrected chi connectivity index (χ3v) is 3.09. The fraction of sp³-hybridized carbons (Fsp3) is 0.200. The van der Waals surface area contributed by atoms with E-state index in [-0.39, 0.29) is 11.6 Å². The SMILES string of the molecule is C=CCC(c1ccc(C#N)c(F)c1)n1ccnc1C. The second kappa shape index (κ2) is 5.49. The van der Waals surface area contributed by atoms with Gasteiger partial charge in [-0.15, -0.1) is 6.58 Å². The standard InChI is InChI=1S/C15H14FN3/c1-3-4-15(19-8-7-18-11(19)2)12-5-6-13(10-17)14(16)9-12/h3,5-9,15H,1,4H2,2H3. The maximum Gasteiger partial charge on any atom is 0.141 e. The quantitative estimate of drug-likeness (QED) is 0.786. The minimum Gasteiger partial charge on any atom is -0.327 e. The fourth-order valence-electron chi connectivity index (χ4n) is 2.11. The van der Waals surface area contributed by atoms with Crippen LogP contribution in [0.2, 0.25) is 0 Å². The Bertz CT molecular complexity index is 637. The predicted molar refractivity (Wildman–Crippen MR) is 71.0 cm³/mol. The van der Waals surface area contributed by atoms with E-state index in [4.69, 9.17) is 5.26 Å². The highest BCUT2D eigenvalue weighted by Crippen LogP contribution is 2.25. The molecule has 2 aromatic rings. The van der Waals surface area contributed by atoms with Gasteiger partial charge in [0.05, 0.1) is 11.6 Å². The average molecular weight is 255 g/mol. The number of nitriles is 1. The van der Waals surface area contributed by atoms with Crippen molar-refractivity contribution in [1.82, 2.24) is 9.55 Å². The monoisotopic (exact) mass is 255 g/mol. The first-order chi connectivity index (χ1) is 9.17. The third-order valence-electron chi connectivity index (χ3n) is 3.09. The molecule has 4 heteroatoms. The zero-order valence-corrected chi connectivity index (χ0v) is 10.7. The molecular formula is C15H14FN3. The van der Waals surface area contributed by atoms with Gasteiger partial charge in [0.2, 0.25) is 0 Å². The van der Waals surface area contributed by atoms with Gasteiger partial charge in [-0.1, -0.05) is 12.1 Å². The molecule has 0 amide bonds. The highest BCUT2D eigenvalue weighted by molar-refractivity contribution is 5.35. The number of aromatic nitrogens is 2. The van der Waals surface area contributed by atoms with Crippen LogP contribution in [0.5, 0.6) is 0 Å². The van der Waals surface area contributed by atoms with E-state index in [0.717, 1.165) is 11.4 Å². The second-order valence-corrected chi connectivity index (χ2v) is 4.27. The number of allylic oxidation sites excluding steroid dienone is 1. The van der Waals surface area contributed by atoms with Crippen molar-refractivity contribution in [1.29, 1.82) is 5.26 Å². The molecular weight excluding hydrogens is 241 g/mol. The Labute approximate surface area is 111 Å². The van der Waals surface area contributed by atoms with E-state index >= 15 is 0 Å². The molecule has 0 aliphatic heterocycles. The van der Waals surface area contributed by atoms with Crippen LogP contribution in [0.3, 0.4) is 0 Å². The molecule has 19 heavy (non-hydrogen) atoms. The predicted octanol–water partition coefficient (Wildman–Crippen LogP) is 3.37. The van der Waals surface area contributed by atoms with Gasteiger partial charge in [-0.25, -0.2) is 9.37 Å². The normalized spacial score (nSPS) is 11.8. The molecule has 1 atom stereocenters. The number of benzene rings is 1. The Balaban J connectivity index is 2.46. The van der Waals surface area contributed by atoms with Crippen LogP contribution in [0, 0.1) is 24.1 Å². The number of imidazole rings is 1. The van der Waals surface area contributed by atoms with E-state index < -0.39 is 5.82 Å². The number of rotatable bonds is 4. The summed E-state index contributed by atoms with van der Waals surface area (Å²) in [6.45, 7) is 5.64. The number of aryl methyl sites for hydroxylation is 1. The van der Waals surface area contributed by atoms with Crippen molar-refractivity contribution in [2.24, 2.45) is 0 Å². The molecule has 96 valence electrons. The number of halogens is 1. The van der Waals surface area contributed by atoms with Crippen molar-refractivity contribution in [2.75, 3.05) is 0 Å². The first kappa shape index (κ1) is 13.0. The number of nitrogens with zero attached hydrogens (tertiary/aromatic N) is 3. The summed E-state index contributed by atoms with van der Waals surface area (Å²) in [5.41, 5.74) is 0.862. The van der Waals surface area contributed by atoms with Gasteiger partial charge >= 0.3 is 0 Å². The molecule has 0 spiro atoms. The van der Waals surface area contributed by atoms with Gasteiger partial charge in [-0.2, -0.15) is 5.26 Å². The minimum absolute atomic E-state index is 0.0535. The van der Waals surface area contributed by atoms with Crippen molar-refractivity contribution in [3.8, 4) is 6.07 Å². The first-order valence-electron chi connectivity index (χ1n) is 5.97. The Morgan fingerprint density at radius 2 is 2.37 bits per heavy atom. The minimum atomic E-state index is -0.494. The second-order valence-electron chi connectivity index (χ2n) is 4.27. The van der Waals surface area contributed by atoms with E-state index in [0.29, 0.717) is 6.42 Å². The average Bonchev–Trinajstić information content (AvgIpc) is 2.82. The smallest absolute Gasteiger partial charge is 0.141 e. The van der Waals surface area contributed by atoms with Crippen molar-refractivity contribution in [2.45, 2.75) is 19.4 Å². The van der Waals surface area contributed by atoms with Crippen molar-refractivity contribution in [3.63, 3.8) is 0 Å². The molecule has 0 radical (unpaired) electrons. The van der Waals surface area contributed by atoms with Crippen LogP contribution in [-0.4, -0.2) is 9.55 Å². The molecule has 0 aliphatic rings. The van der Waals surface area contributed by atoms with Crippen LogP contribution < -0.4 is 0 Å². The van der Waals surface area contributed by atoms with Gasteiger partial charge in [-0.05, 0) is 31.0 Å². The summed E-state index contributed by atoms with van der Waals surface area (Å²) in [5, 5.41) is 8.76. The van der Waals surface area contributed by atoms with Crippen LogP contribution >= 0.6 is 0 Å². The first-order valence-corrected chi connectivity index (χ1v) is 5.97. The Morgan fingerprint density at radius 1 is 1.58 bits per heavy atom. The summed E-state index contributed by atoms with van der Waals surface area (Å²) in [4.78, 5) is 4.18. The molecule has 3 nitrogen and oxygen atoms in total. The lowest BCUT2D eigenvalue weighted by Gasteiger charge is -2.19. The molecule has 0 saturated heterocycles. The number of hydrogen-bond donors (Lipinski definition) is 0. The van der Waals surface area contributed by atoms with Gasteiger partial charge in [0.1, 0.15) is 17.7 Å². The van der Waals surface area contributed by atoms with Crippen molar-refractivity contribution >= 4 is 0 Å². The molecule has 1 aromatic carbocycles. The maximum absolute atomic E-state index is 13.7. The zero-order chi connectivity index (χ0) is 13.8. The summed E-state index contributed by atoms with van der Waals surface area (Å²) < 4.78 is 15.7. The van der Waals surface area contributed by atoms with Crippen LogP contribution in [0.1, 0.15) is 29.4 Å². The highest BCUT2D eigenvalue weighted by Gasteiger charge is 2.15. The maximum atomic E-state index is 13.7. The Morgan fingerprint density at radius 3 is 2.89 bits per heavy atom. The molecule has 2 rings (SSSR count). The summed E-state index contributed by atoms with van der Waals surface area (Å²) in [5.74, 6) is 0.364. The molecule has 0 fully saturated rings. The van der Waals surface area contributed by atoms with E-state index in [2.05, 4.69) is 11.6 Å². The summed E-state index contributed by atoms with van der Waals surface area (Å²) in [6, 6.07) is 6.46. The van der Waals surface area contributed by atoms with E-state index in [1.807, 2.05) is 23.8 Å². The lowest BCUT2D eigenvalue weighted by atomic mass is 10.0. The number of hydrogen-bond acceptors (Lipinski definition) is 2. The lowest BCUT2D eigenvalue weighted by molar-refractivity contribution is 0.564. The highest BCUT2D eigenvalue weighted by atomic mass is 19.1. The molecule has 0 aliphatic carbocycles. The molecule has 0 saturated carbocycles. The molecule has 0 N–H and O–H groups in total. The fourth-order valence-corrected chi connectivity index (χ4v) is 2.11. The van der Waals surface area contributed by atoms with Gasteiger partial charge in [0, 0.05) is 12.4 Å². The Hall–Kier alpha value is -2.41. The lowest BCUT2D eigenvalue weighted by Crippen LogP contribution is -2.11. The van der Waals surface area contributed by atoms with Crippen molar-refractivity contribution in [3.05, 3.63) is 66.0 Å². The molecule has 0 bridgehead atoms. The summed E-state index contributed by atoms with van der Waals surface area (Å²) >= 11 is 0. The van der Waals surface area contributed by atoms with Gasteiger partial charge in [-0.3, -0.25) is 0 Å². The van der Waals surface area contributed by atoms with Gasteiger partial charge < -0.3 is 4.57 Å². The molecule has 1 unspecified atom stereocenters. The topological polar surface area (TPSA) is 41.6 Å². The van der Waals surface area contributed by atoms with E-state index in [9.17, 15) is 4.39 Å². The van der Waals surface area contributed by atoms with Gasteiger partial charge in [0.15, 0.2) is 0 Å². The Kier molecular flexibility index (Phi) is 3.76. The third kappa shape index (κ3) is 2.55. The van der Waals surface area contributed by atoms with E-state index in [1.54, 1.807) is 18.3 Å².